The molecule has 0 aliphatic carbocycles. The van der Waals surface area contributed by atoms with E-state index in [2.05, 4.69) is 17.2 Å². The smallest absolute Gasteiger partial charge is 0.318 e. The molecule has 0 saturated carbocycles. The average molecular weight is 346 g/mol. The molecule has 138 valence electrons. The number of nitrogens with zero attached hydrogens (tertiary/aromatic N) is 3. The molecule has 1 aliphatic heterocycles. The highest BCUT2D eigenvalue weighted by molar-refractivity contribution is 5.82. The van der Waals surface area contributed by atoms with Gasteiger partial charge in [-0.25, -0.2) is 4.79 Å². The maximum atomic E-state index is 12.8. The number of pyridine rings is 1. The number of carbonyl (C=O) groups is 2. The minimum Gasteiger partial charge on any atom is -0.336 e. The fraction of sp³-hybridized carbons (Fsp3) is 0.632. The van der Waals surface area contributed by atoms with Crippen LogP contribution in [0, 0.1) is 0 Å². The Bertz CT molecular complexity index is 597. The molecular formula is C19H30N4O2. The molecule has 3 amide bonds. The molecule has 1 N–H and O–H groups in total. The summed E-state index contributed by atoms with van der Waals surface area (Å²) in [4.78, 5) is 32.8. The Morgan fingerprint density at radius 3 is 2.48 bits per heavy atom. The fourth-order valence-electron chi connectivity index (χ4n) is 3.44. The Morgan fingerprint density at radius 1 is 1.36 bits per heavy atom. The van der Waals surface area contributed by atoms with Gasteiger partial charge in [-0.1, -0.05) is 6.92 Å². The molecule has 1 fully saturated rings. The molecule has 2 heterocycles. The van der Waals surface area contributed by atoms with Gasteiger partial charge in [-0.2, -0.15) is 0 Å². The number of urea groups is 1. The molecule has 1 aromatic heterocycles. The lowest BCUT2D eigenvalue weighted by atomic mass is 10.0. The normalized spacial score (nSPS) is 19.0. The van der Waals surface area contributed by atoms with E-state index in [1.165, 1.54) is 0 Å². The highest BCUT2D eigenvalue weighted by atomic mass is 16.2. The van der Waals surface area contributed by atoms with E-state index in [0.29, 0.717) is 19.5 Å². The number of hydrogen-bond acceptors (Lipinski definition) is 3. The van der Waals surface area contributed by atoms with E-state index in [4.69, 9.17) is 0 Å². The minimum atomic E-state index is -0.218. The van der Waals surface area contributed by atoms with Gasteiger partial charge < -0.3 is 15.1 Å². The molecule has 1 saturated heterocycles. The lowest BCUT2D eigenvalue weighted by Gasteiger charge is -2.33. The summed E-state index contributed by atoms with van der Waals surface area (Å²) in [6, 6.07) is 3.65. The van der Waals surface area contributed by atoms with Gasteiger partial charge in [-0.15, -0.1) is 0 Å². The Balaban J connectivity index is 2.07. The van der Waals surface area contributed by atoms with Crippen molar-refractivity contribution >= 4 is 11.9 Å². The zero-order chi connectivity index (χ0) is 18.6. The Hall–Kier alpha value is -2.11. The third-order valence-electron chi connectivity index (χ3n) is 4.72. The first-order valence-electron chi connectivity index (χ1n) is 9.05. The van der Waals surface area contributed by atoms with Crippen molar-refractivity contribution in [1.29, 1.82) is 0 Å². The maximum Gasteiger partial charge on any atom is 0.318 e. The summed E-state index contributed by atoms with van der Waals surface area (Å²) in [6.45, 7) is 11.3. The second-order valence-electron chi connectivity index (χ2n) is 7.52. The Kier molecular flexibility index (Phi) is 6.03. The second-order valence-corrected chi connectivity index (χ2v) is 7.52. The third kappa shape index (κ3) is 4.50. The van der Waals surface area contributed by atoms with Crippen molar-refractivity contribution in [3.8, 4) is 0 Å². The van der Waals surface area contributed by atoms with Gasteiger partial charge in [0.25, 0.3) is 0 Å². The molecule has 6 heteroatoms. The molecule has 0 spiro atoms. The SMILES string of the molecule is CC[C@@H](c1ccncc1)N(CC)C(=O)N[C@H]1CC(=O)N(C(C)(C)C)C1. The van der Waals surface area contributed by atoms with Gasteiger partial charge in [0.1, 0.15) is 0 Å². The van der Waals surface area contributed by atoms with Crippen LogP contribution >= 0.6 is 0 Å². The number of nitrogens with one attached hydrogen (secondary N) is 1. The molecule has 6 nitrogen and oxygen atoms in total. The van der Waals surface area contributed by atoms with E-state index in [-0.39, 0.29) is 29.6 Å². The molecule has 1 aliphatic rings. The Morgan fingerprint density at radius 2 is 2.00 bits per heavy atom. The standard InChI is InChI=1S/C19H30N4O2/c1-6-16(14-8-10-20-11-9-14)22(7-2)18(25)21-15-12-17(24)23(13-15)19(3,4)5/h8-11,15-16H,6-7,12-13H2,1-5H3,(H,21,25)/t15-,16-/m0/s1. The molecule has 0 bridgehead atoms. The number of likely N-dealkylation sites (tertiary alicyclic amines) is 1. The molecule has 2 atom stereocenters. The number of amides is 3. The van der Waals surface area contributed by atoms with Crippen LogP contribution in [-0.4, -0.2) is 51.4 Å². The van der Waals surface area contributed by atoms with Gasteiger partial charge in [-0.3, -0.25) is 9.78 Å². The number of hydrogen-bond donors (Lipinski definition) is 1. The molecule has 1 aromatic rings. The quantitative estimate of drug-likeness (QED) is 0.891. The lowest BCUT2D eigenvalue weighted by Crippen LogP contribution is -2.48. The number of rotatable bonds is 5. The zero-order valence-electron chi connectivity index (χ0n) is 16.0. The van der Waals surface area contributed by atoms with Crippen molar-refractivity contribution in [2.45, 2.75) is 65.1 Å². The molecule has 0 radical (unpaired) electrons. The van der Waals surface area contributed by atoms with E-state index in [1.54, 1.807) is 12.4 Å². The first kappa shape index (κ1) is 19.2. The van der Waals surface area contributed by atoms with Crippen molar-refractivity contribution < 1.29 is 9.59 Å². The van der Waals surface area contributed by atoms with Crippen LogP contribution in [-0.2, 0) is 4.79 Å². The van der Waals surface area contributed by atoms with Crippen molar-refractivity contribution in [3.63, 3.8) is 0 Å². The highest BCUT2D eigenvalue weighted by Gasteiger charge is 2.37. The summed E-state index contributed by atoms with van der Waals surface area (Å²) < 4.78 is 0. The second kappa shape index (κ2) is 7.85. The molecule has 0 aromatic carbocycles. The number of aromatic nitrogens is 1. The van der Waals surface area contributed by atoms with Gasteiger partial charge in [-0.05, 0) is 51.8 Å². The van der Waals surface area contributed by atoms with Crippen molar-refractivity contribution in [1.82, 2.24) is 20.1 Å². The van der Waals surface area contributed by atoms with Crippen LogP contribution in [0.3, 0.4) is 0 Å². The van der Waals surface area contributed by atoms with E-state index in [1.807, 2.05) is 49.6 Å². The average Bonchev–Trinajstić information content (AvgIpc) is 2.93. The third-order valence-corrected chi connectivity index (χ3v) is 4.72. The monoisotopic (exact) mass is 346 g/mol. The van der Waals surface area contributed by atoms with Gasteiger partial charge in [0, 0.05) is 37.4 Å². The Labute approximate surface area is 150 Å². The summed E-state index contributed by atoms with van der Waals surface area (Å²) in [5.41, 5.74) is 0.859. The molecule has 25 heavy (non-hydrogen) atoms. The van der Waals surface area contributed by atoms with Gasteiger partial charge in [0.15, 0.2) is 0 Å². The lowest BCUT2D eigenvalue weighted by molar-refractivity contribution is -0.131. The topological polar surface area (TPSA) is 65.5 Å². The van der Waals surface area contributed by atoms with E-state index >= 15 is 0 Å². The van der Waals surface area contributed by atoms with Crippen LogP contribution in [0.25, 0.3) is 0 Å². The van der Waals surface area contributed by atoms with Crippen LogP contribution < -0.4 is 5.32 Å². The summed E-state index contributed by atoms with van der Waals surface area (Å²) in [6.07, 6.45) is 4.69. The van der Waals surface area contributed by atoms with Crippen molar-refractivity contribution in [2.24, 2.45) is 0 Å². The molecule has 2 rings (SSSR count). The highest BCUT2D eigenvalue weighted by Crippen LogP contribution is 2.25. The van der Waals surface area contributed by atoms with E-state index < -0.39 is 0 Å². The fourth-order valence-corrected chi connectivity index (χ4v) is 3.44. The van der Waals surface area contributed by atoms with Crippen LogP contribution in [0.1, 0.15) is 59.1 Å². The van der Waals surface area contributed by atoms with E-state index in [0.717, 1.165) is 12.0 Å². The van der Waals surface area contributed by atoms with Crippen LogP contribution in [0.5, 0.6) is 0 Å². The van der Waals surface area contributed by atoms with Crippen LogP contribution in [0.2, 0.25) is 0 Å². The van der Waals surface area contributed by atoms with E-state index in [9.17, 15) is 9.59 Å². The summed E-state index contributed by atoms with van der Waals surface area (Å²) in [5, 5.41) is 3.06. The largest absolute Gasteiger partial charge is 0.336 e. The van der Waals surface area contributed by atoms with Gasteiger partial charge in [0.2, 0.25) is 5.91 Å². The predicted octanol–water partition coefficient (Wildman–Crippen LogP) is 2.96. The summed E-state index contributed by atoms with van der Waals surface area (Å²) >= 11 is 0. The summed E-state index contributed by atoms with van der Waals surface area (Å²) in [5.74, 6) is 0.0991. The first-order chi connectivity index (χ1) is 11.8. The minimum absolute atomic E-state index is 0.00354. The van der Waals surface area contributed by atoms with Gasteiger partial charge in [0.05, 0.1) is 12.1 Å². The maximum absolute atomic E-state index is 12.8. The molecule has 0 unspecified atom stereocenters. The first-order valence-corrected chi connectivity index (χ1v) is 9.05. The van der Waals surface area contributed by atoms with Crippen LogP contribution in [0.15, 0.2) is 24.5 Å². The number of carbonyl (C=O) groups excluding carboxylic acids is 2. The van der Waals surface area contributed by atoms with Gasteiger partial charge >= 0.3 is 6.03 Å². The van der Waals surface area contributed by atoms with Crippen molar-refractivity contribution in [2.75, 3.05) is 13.1 Å². The zero-order valence-corrected chi connectivity index (χ0v) is 16.0. The van der Waals surface area contributed by atoms with Crippen molar-refractivity contribution in [3.05, 3.63) is 30.1 Å². The molecular weight excluding hydrogens is 316 g/mol. The predicted molar refractivity (Wildman–Crippen MR) is 98.1 cm³/mol. The van der Waals surface area contributed by atoms with Crippen LogP contribution in [0.4, 0.5) is 4.79 Å². The summed E-state index contributed by atoms with van der Waals surface area (Å²) in [7, 11) is 0.